The number of carboxylic acid groups (broad SMARTS) is 1. The van der Waals surface area contributed by atoms with Crippen molar-refractivity contribution in [3.63, 3.8) is 0 Å². The maximum absolute atomic E-state index is 10.9. The molecule has 3 nitrogen and oxygen atoms in total. The molecule has 15 heavy (non-hydrogen) atoms. The molecule has 2 aromatic carbocycles. The molecule has 0 spiro atoms. The van der Waals surface area contributed by atoms with E-state index in [0.717, 1.165) is 5.39 Å². The number of hydrogen-bond donors (Lipinski definition) is 2. The summed E-state index contributed by atoms with van der Waals surface area (Å²) >= 11 is 0. The van der Waals surface area contributed by atoms with Gasteiger partial charge in [0.05, 0.1) is 0 Å². The SMILES string of the molecule is Cc1cc2ccccc2c(O)c1C(=O)O. The fourth-order valence-electron chi connectivity index (χ4n) is 1.74. The maximum atomic E-state index is 10.9. The van der Waals surface area contributed by atoms with E-state index in [1.54, 1.807) is 25.1 Å². The molecular weight excluding hydrogens is 192 g/mol. The van der Waals surface area contributed by atoms with Crippen molar-refractivity contribution in [1.29, 1.82) is 0 Å². The van der Waals surface area contributed by atoms with Gasteiger partial charge >= 0.3 is 5.97 Å². The minimum atomic E-state index is -1.10. The number of phenols is 1. The first-order valence-electron chi connectivity index (χ1n) is 4.56. The van der Waals surface area contributed by atoms with Gasteiger partial charge in [0, 0.05) is 5.39 Å². The Balaban J connectivity index is 2.90. The van der Waals surface area contributed by atoms with Crippen LogP contribution in [0.15, 0.2) is 30.3 Å². The summed E-state index contributed by atoms with van der Waals surface area (Å²) in [6, 6.07) is 8.92. The molecule has 0 heterocycles. The average molecular weight is 202 g/mol. The number of carboxylic acids is 1. The lowest BCUT2D eigenvalue weighted by Crippen LogP contribution is -2.00. The van der Waals surface area contributed by atoms with Gasteiger partial charge < -0.3 is 10.2 Å². The molecule has 0 aliphatic carbocycles. The predicted octanol–water partition coefficient (Wildman–Crippen LogP) is 2.55. The normalized spacial score (nSPS) is 10.5. The number of aryl methyl sites for hydroxylation is 1. The van der Waals surface area contributed by atoms with Crippen molar-refractivity contribution in [2.24, 2.45) is 0 Å². The van der Waals surface area contributed by atoms with E-state index in [1.807, 2.05) is 12.1 Å². The third-order valence-corrected chi connectivity index (χ3v) is 2.43. The summed E-state index contributed by atoms with van der Waals surface area (Å²) in [6.07, 6.45) is 0. The van der Waals surface area contributed by atoms with Crippen molar-refractivity contribution < 1.29 is 15.0 Å². The Morgan fingerprint density at radius 3 is 2.60 bits per heavy atom. The zero-order chi connectivity index (χ0) is 11.0. The monoisotopic (exact) mass is 202 g/mol. The second-order valence-corrected chi connectivity index (χ2v) is 3.44. The topological polar surface area (TPSA) is 57.5 Å². The Bertz CT molecular complexity index is 544. The van der Waals surface area contributed by atoms with Crippen LogP contribution in [0.2, 0.25) is 0 Å². The molecule has 0 aliphatic heterocycles. The summed E-state index contributed by atoms with van der Waals surface area (Å²) in [7, 11) is 0. The molecule has 0 aromatic heterocycles. The summed E-state index contributed by atoms with van der Waals surface area (Å²) in [6.45, 7) is 1.68. The number of aromatic hydroxyl groups is 1. The summed E-state index contributed by atoms with van der Waals surface area (Å²) in [5, 5.41) is 20.2. The van der Waals surface area contributed by atoms with Gasteiger partial charge in [-0.25, -0.2) is 4.79 Å². The van der Waals surface area contributed by atoms with Crippen molar-refractivity contribution in [3.8, 4) is 5.75 Å². The van der Waals surface area contributed by atoms with E-state index in [2.05, 4.69) is 0 Å². The van der Waals surface area contributed by atoms with E-state index in [9.17, 15) is 9.90 Å². The molecule has 0 fully saturated rings. The Kier molecular flexibility index (Phi) is 2.08. The fourth-order valence-corrected chi connectivity index (χ4v) is 1.74. The van der Waals surface area contributed by atoms with Gasteiger partial charge in [0.1, 0.15) is 11.3 Å². The highest BCUT2D eigenvalue weighted by atomic mass is 16.4. The zero-order valence-corrected chi connectivity index (χ0v) is 8.19. The smallest absolute Gasteiger partial charge is 0.339 e. The molecule has 2 N–H and O–H groups in total. The van der Waals surface area contributed by atoms with Crippen molar-refractivity contribution >= 4 is 16.7 Å². The van der Waals surface area contributed by atoms with Crippen molar-refractivity contribution in [2.45, 2.75) is 6.92 Å². The van der Waals surface area contributed by atoms with Gasteiger partial charge in [0.2, 0.25) is 0 Å². The minimum Gasteiger partial charge on any atom is -0.506 e. The van der Waals surface area contributed by atoms with Crippen LogP contribution in [0.4, 0.5) is 0 Å². The second kappa shape index (κ2) is 3.28. The Morgan fingerprint density at radius 1 is 1.27 bits per heavy atom. The predicted molar refractivity (Wildman–Crippen MR) is 57.3 cm³/mol. The summed E-state index contributed by atoms with van der Waals surface area (Å²) in [5.41, 5.74) is 0.549. The highest BCUT2D eigenvalue weighted by Gasteiger charge is 2.15. The third-order valence-electron chi connectivity index (χ3n) is 2.43. The highest BCUT2D eigenvalue weighted by molar-refractivity contribution is 6.01. The lowest BCUT2D eigenvalue weighted by Gasteiger charge is -2.07. The van der Waals surface area contributed by atoms with Gasteiger partial charge in [-0.2, -0.15) is 0 Å². The number of rotatable bonds is 1. The lowest BCUT2D eigenvalue weighted by molar-refractivity contribution is 0.0693. The van der Waals surface area contributed by atoms with Crippen LogP contribution in [0.1, 0.15) is 15.9 Å². The lowest BCUT2D eigenvalue weighted by atomic mass is 10.0. The van der Waals surface area contributed by atoms with E-state index in [1.165, 1.54) is 0 Å². The molecule has 2 aromatic rings. The number of fused-ring (bicyclic) bond motifs is 1. The molecule has 0 amide bonds. The third kappa shape index (κ3) is 1.42. The molecule has 0 saturated carbocycles. The van der Waals surface area contributed by atoms with Crippen LogP contribution in [0.3, 0.4) is 0 Å². The Labute approximate surface area is 86.6 Å². The van der Waals surface area contributed by atoms with Crippen LogP contribution in [0.25, 0.3) is 10.8 Å². The standard InChI is InChI=1S/C12H10O3/c1-7-6-8-4-2-3-5-9(8)11(13)10(7)12(14)15/h2-6,13H,1H3,(H,14,15). The molecule has 0 saturated heterocycles. The van der Waals surface area contributed by atoms with Crippen LogP contribution in [-0.2, 0) is 0 Å². The quantitative estimate of drug-likeness (QED) is 0.747. The minimum absolute atomic E-state index is 0.0197. The molecule has 0 unspecified atom stereocenters. The second-order valence-electron chi connectivity index (χ2n) is 3.44. The number of carbonyl (C=O) groups is 1. The van der Waals surface area contributed by atoms with Gasteiger partial charge in [-0.15, -0.1) is 0 Å². The Morgan fingerprint density at radius 2 is 1.93 bits per heavy atom. The van der Waals surface area contributed by atoms with Crippen molar-refractivity contribution in [2.75, 3.05) is 0 Å². The van der Waals surface area contributed by atoms with E-state index < -0.39 is 5.97 Å². The van der Waals surface area contributed by atoms with Gasteiger partial charge in [0.15, 0.2) is 0 Å². The van der Waals surface area contributed by atoms with E-state index in [-0.39, 0.29) is 11.3 Å². The van der Waals surface area contributed by atoms with E-state index in [4.69, 9.17) is 5.11 Å². The molecule has 0 radical (unpaired) electrons. The molecular formula is C12H10O3. The number of hydrogen-bond acceptors (Lipinski definition) is 2. The Hall–Kier alpha value is -2.03. The van der Waals surface area contributed by atoms with Crippen LogP contribution in [0, 0.1) is 6.92 Å². The van der Waals surface area contributed by atoms with E-state index >= 15 is 0 Å². The van der Waals surface area contributed by atoms with Gasteiger partial charge in [-0.1, -0.05) is 30.3 Å². The zero-order valence-electron chi connectivity index (χ0n) is 8.19. The van der Waals surface area contributed by atoms with Gasteiger partial charge in [0.25, 0.3) is 0 Å². The number of benzene rings is 2. The molecule has 0 aliphatic rings. The highest BCUT2D eigenvalue weighted by Crippen LogP contribution is 2.31. The summed E-state index contributed by atoms with van der Waals surface area (Å²) in [5.74, 6) is -1.26. The van der Waals surface area contributed by atoms with Crippen LogP contribution >= 0.6 is 0 Å². The molecule has 0 bridgehead atoms. The van der Waals surface area contributed by atoms with Crippen molar-refractivity contribution in [3.05, 3.63) is 41.5 Å². The van der Waals surface area contributed by atoms with E-state index in [0.29, 0.717) is 10.9 Å². The fraction of sp³-hybridized carbons (Fsp3) is 0.0833. The maximum Gasteiger partial charge on any atom is 0.339 e. The first-order valence-corrected chi connectivity index (χ1v) is 4.56. The summed E-state index contributed by atoms with van der Waals surface area (Å²) in [4.78, 5) is 10.9. The average Bonchev–Trinajstić information content (AvgIpc) is 2.17. The first-order chi connectivity index (χ1) is 7.11. The largest absolute Gasteiger partial charge is 0.506 e. The molecule has 2 rings (SSSR count). The van der Waals surface area contributed by atoms with Crippen LogP contribution < -0.4 is 0 Å². The summed E-state index contributed by atoms with van der Waals surface area (Å²) < 4.78 is 0. The van der Waals surface area contributed by atoms with Crippen LogP contribution in [-0.4, -0.2) is 16.2 Å². The first kappa shape index (κ1) is 9.52. The molecule has 0 atom stereocenters. The molecule has 3 heteroatoms. The van der Waals surface area contributed by atoms with Gasteiger partial charge in [-0.05, 0) is 17.9 Å². The van der Waals surface area contributed by atoms with Gasteiger partial charge in [-0.3, -0.25) is 0 Å². The van der Waals surface area contributed by atoms with Crippen molar-refractivity contribution in [1.82, 2.24) is 0 Å². The van der Waals surface area contributed by atoms with Crippen LogP contribution in [0.5, 0.6) is 5.75 Å². The molecule has 76 valence electrons. The number of aromatic carboxylic acids is 1.